The smallest absolute Gasteiger partial charge is 0.330 e. The van der Waals surface area contributed by atoms with Gasteiger partial charge in [0.25, 0.3) is 0 Å². The first-order chi connectivity index (χ1) is 9.07. The van der Waals surface area contributed by atoms with E-state index in [-0.39, 0.29) is 17.3 Å². The SMILES string of the molecule is CCCCCNC1C(=O)N2C(C(=O)O)C(C)=CS[C@H]12. The number of amides is 1. The average molecular weight is 284 g/mol. The van der Waals surface area contributed by atoms with E-state index < -0.39 is 12.0 Å². The number of β-lactam (4-membered cyclic amide) rings is 1. The molecular weight excluding hydrogens is 264 g/mol. The summed E-state index contributed by atoms with van der Waals surface area (Å²) in [5, 5.41) is 14.3. The fourth-order valence-corrected chi connectivity index (χ4v) is 3.71. The van der Waals surface area contributed by atoms with Gasteiger partial charge in [0, 0.05) is 0 Å². The van der Waals surface area contributed by atoms with Gasteiger partial charge in [-0.25, -0.2) is 4.79 Å². The van der Waals surface area contributed by atoms with Gasteiger partial charge in [0.05, 0.1) is 0 Å². The molecule has 5 nitrogen and oxygen atoms in total. The fourth-order valence-electron chi connectivity index (χ4n) is 2.50. The molecule has 0 aromatic rings. The molecule has 0 spiro atoms. The van der Waals surface area contributed by atoms with Gasteiger partial charge in [-0.3, -0.25) is 4.79 Å². The molecule has 2 unspecified atom stereocenters. The Hall–Kier alpha value is -1.01. The Morgan fingerprint density at radius 3 is 2.89 bits per heavy atom. The first-order valence-corrected chi connectivity index (χ1v) is 7.62. The van der Waals surface area contributed by atoms with E-state index in [1.165, 1.54) is 16.7 Å². The topological polar surface area (TPSA) is 69.6 Å². The Bertz CT molecular complexity index is 411. The maximum absolute atomic E-state index is 12.1. The maximum Gasteiger partial charge on any atom is 0.330 e. The third-order valence-electron chi connectivity index (χ3n) is 3.56. The molecule has 0 bridgehead atoms. The monoisotopic (exact) mass is 284 g/mol. The highest BCUT2D eigenvalue weighted by molar-refractivity contribution is 8.02. The molecular formula is C13H20N2O3S. The van der Waals surface area contributed by atoms with Crippen molar-refractivity contribution in [3.8, 4) is 0 Å². The number of carbonyl (C=O) groups is 2. The number of thioether (sulfide) groups is 1. The number of fused-ring (bicyclic) bond motifs is 1. The van der Waals surface area contributed by atoms with Crippen LogP contribution in [0.15, 0.2) is 11.0 Å². The minimum atomic E-state index is -0.947. The summed E-state index contributed by atoms with van der Waals surface area (Å²) >= 11 is 1.54. The maximum atomic E-state index is 12.1. The van der Waals surface area contributed by atoms with Gasteiger partial charge in [-0.05, 0) is 30.9 Å². The van der Waals surface area contributed by atoms with E-state index >= 15 is 0 Å². The van der Waals surface area contributed by atoms with Gasteiger partial charge in [0.15, 0.2) is 6.04 Å². The zero-order valence-electron chi connectivity index (χ0n) is 11.3. The van der Waals surface area contributed by atoms with Gasteiger partial charge < -0.3 is 15.3 Å². The van der Waals surface area contributed by atoms with E-state index in [0.29, 0.717) is 0 Å². The number of hydrogen-bond donors (Lipinski definition) is 2. The van der Waals surface area contributed by atoms with Crippen LogP contribution in [0.3, 0.4) is 0 Å². The van der Waals surface area contributed by atoms with Crippen molar-refractivity contribution >= 4 is 23.6 Å². The molecule has 6 heteroatoms. The van der Waals surface area contributed by atoms with E-state index in [1.54, 1.807) is 6.92 Å². The highest BCUT2D eigenvalue weighted by atomic mass is 32.2. The number of hydrogen-bond acceptors (Lipinski definition) is 4. The van der Waals surface area contributed by atoms with Gasteiger partial charge in [-0.1, -0.05) is 19.8 Å². The van der Waals surface area contributed by atoms with Crippen molar-refractivity contribution in [3.05, 3.63) is 11.0 Å². The van der Waals surface area contributed by atoms with Crippen LogP contribution in [0.5, 0.6) is 0 Å². The van der Waals surface area contributed by atoms with Crippen LogP contribution < -0.4 is 5.32 Å². The van der Waals surface area contributed by atoms with Gasteiger partial charge >= 0.3 is 5.97 Å². The lowest BCUT2D eigenvalue weighted by Gasteiger charge is -2.51. The number of unbranched alkanes of at least 4 members (excludes halogenated alkanes) is 2. The van der Waals surface area contributed by atoms with E-state index in [4.69, 9.17) is 0 Å². The second-order valence-electron chi connectivity index (χ2n) is 5.01. The van der Waals surface area contributed by atoms with Gasteiger partial charge in [0.1, 0.15) is 11.4 Å². The lowest BCUT2D eigenvalue weighted by molar-refractivity contribution is -0.159. The van der Waals surface area contributed by atoms with Crippen LogP contribution in [0.1, 0.15) is 33.1 Å². The van der Waals surface area contributed by atoms with Crippen molar-refractivity contribution < 1.29 is 14.7 Å². The Labute approximate surface area is 117 Å². The molecule has 0 aromatic heterocycles. The van der Waals surface area contributed by atoms with Gasteiger partial charge in [-0.2, -0.15) is 0 Å². The number of aliphatic carboxylic acids is 1. The van der Waals surface area contributed by atoms with Gasteiger partial charge in [-0.15, -0.1) is 11.8 Å². The minimum absolute atomic E-state index is 0.0704. The lowest BCUT2D eigenvalue weighted by atomic mass is 9.99. The molecule has 2 heterocycles. The number of carboxylic acids is 1. The molecule has 1 fully saturated rings. The molecule has 2 N–H and O–H groups in total. The first kappa shape index (κ1) is 14.4. The normalized spacial score (nSPS) is 29.6. The molecule has 0 saturated carbocycles. The number of nitrogens with zero attached hydrogens (tertiary/aromatic N) is 1. The zero-order chi connectivity index (χ0) is 14.0. The highest BCUT2D eigenvalue weighted by Crippen LogP contribution is 2.39. The van der Waals surface area contributed by atoms with Crippen molar-refractivity contribution in [2.45, 2.75) is 50.6 Å². The number of rotatable bonds is 6. The standard InChI is InChI=1S/C13H20N2O3S/c1-3-4-5-6-14-9-11(16)15-10(13(17)18)8(2)7-19-12(9)15/h7,9-10,12,14H,3-6H2,1-2H3,(H,17,18)/t9?,10?,12-/m1/s1. The summed E-state index contributed by atoms with van der Waals surface area (Å²) in [6, 6.07) is -1.01. The summed E-state index contributed by atoms with van der Waals surface area (Å²) in [7, 11) is 0. The van der Waals surface area contributed by atoms with E-state index in [2.05, 4.69) is 12.2 Å². The van der Waals surface area contributed by atoms with Crippen LogP contribution >= 0.6 is 11.8 Å². The van der Waals surface area contributed by atoms with Gasteiger partial charge in [0.2, 0.25) is 5.91 Å². The summed E-state index contributed by atoms with van der Waals surface area (Å²) in [6.07, 6.45) is 3.34. The van der Waals surface area contributed by atoms with Crippen LogP contribution in [-0.2, 0) is 9.59 Å². The third kappa shape index (κ3) is 2.65. The zero-order valence-corrected chi connectivity index (χ0v) is 12.1. The quantitative estimate of drug-likeness (QED) is 0.570. The van der Waals surface area contributed by atoms with Crippen LogP contribution in [0.2, 0.25) is 0 Å². The molecule has 0 aliphatic carbocycles. The summed E-state index contributed by atoms with van der Waals surface area (Å²) in [5.74, 6) is -1.04. The summed E-state index contributed by atoms with van der Waals surface area (Å²) < 4.78 is 0. The molecule has 2 aliphatic heterocycles. The Balaban J connectivity index is 1.96. The molecule has 1 saturated heterocycles. The molecule has 2 aliphatic rings. The minimum Gasteiger partial charge on any atom is -0.479 e. The molecule has 3 atom stereocenters. The summed E-state index contributed by atoms with van der Waals surface area (Å²) in [4.78, 5) is 24.8. The second kappa shape index (κ2) is 5.96. The Kier molecular flexibility index (Phi) is 4.52. The van der Waals surface area contributed by atoms with Crippen LogP contribution in [0.4, 0.5) is 0 Å². The van der Waals surface area contributed by atoms with Crippen LogP contribution in [-0.4, -0.2) is 45.9 Å². The van der Waals surface area contributed by atoms with Crippen molar-refractivity contribution in [1.82, 2.24) is 10.2 Å². The molecule has 2 rings (SSSR count). The largest absolute Gasteiger partial charge is 0.479 e. The first-order valence-electron chi connectivity index (χ1n) is 6.68. The predicted octanol–water partition coefficient (Wildman–Crippen LogP) is 1.41. The van der Waals surface area contributed by atoms with E-state index in [1.807, 2.05) is 5.41 Å². The van der Waals surface area contributed by atoms with Crippen molar-refractivity contribution in [3.63, 3.8) is 0 Å². The molecule has 19 heavy (non-hydrogen) atoms. The van der Waals surface area contributed by atoms with Crippen LogP contribution in [0.25, 0.3) is 0 Å². The fraction of sp³-hybridized carbons (Fsp3) is 0.692. The average Bonchev–Trinajstić information content (AvgIpc) is 2.38. The third-order valence-corrected chi connectivity index (χ3v) is 4.85. The number of carbonyl (C=O) groups excluding carboxylic acids is 1. The van der Waals surface area contributed by atoms with Crippen molar-refractivity contribution in [2.24, 2.45) is 0 Å². The highest BCUT2D eigenvalue weighted by Gasteiger charge is 2.54. The van der Waals surface area contributed by atoms with Crippen molar-refractivity contribution in [1.29, 1.82) is 0 Å². The second-order valence-corrected chi connectivity index (χ2v) is 6.00. The number of nitrogens with one attached hydrogen (secondary N) is 1. The number of carboxylic acid groups (broad SMARTS) is 1. The molecule has 106 valence electrons. The summed E-state index contributed by atoms with van der Waals surface area (Å²) in [6.45, 7) is 4.71. The Morgan fingerprint density at radius 1 is 1.53 bits per heavy atom. The van der Waals surface area contributed by atoms with E-state index in [9.17, 15) is 14.7 Å². The molecule has 0 radical (unpaired) electrons. The van der Waals surface area contributed by atoms with Crippen molar-refractivity contribution in [2.75, 3.05) is 6.54 Å². The summed E-state index contributed by atoms with van der Waals surface area (Å²) in [5.41, 5.74) is 0.728. The Morgan fingerprint density at radius 2 is 2.26 bits per heavy atom. The lowest BCUT2D eigenvalue weighted by Crippen LogP contribution is -2.73. The van der Waals surface area contributed by atoms with E-state index in [0.717, 1.165) is 31.4 Å². The molecule has 1 amide bonds. The predicted molar refractivity (Wildman–Crippen MR) is 74.7 cm³/mol. The molecule has 0 aromatic carbocycles. The van der Waals surface area contributed by atoms with Crippen LogP contribution in [0, 0.1) is 0 Å².